The average molecular weight is 239 g/mol. The molecule has 0 amide bonds. The third-order valence-corrected chi connectivity index (χ3v) is 3.25. The summed E-state index contributed by atoms with van der Waals surface area (Å²) in [6, 6.07) is 6.56. The quantitative estimate of drug-likeness (QED) is 0.825. The van der Waals surface area contributed by atoms with Crippen molar-refractivity contribution < 1.29 is 9.50 Å². The van der Waals surface area contributed by atoms with Crippen molar-refractivity contribution in [2.45, 2.75) is 26.8 Å². The minimum Gasteiger partial charge on any atom is -0.396 e. The van der Waals surface area contributed by atoms with Gasteiger partial charge in [-0.1, -0.05) is 26.0 Å². The molecule has 0 aliphatic carbocycles. The first kappa shape index (κ1) is 14.1. The van der Waals surface area contributed by atoms with E-state index in [0.717, 1.165) is 25.1 Å². The molecule has 1 atom stereocenters. The number of aliphatic hydroxyl groups is 1. The smallest absolute Gasteiger partial charge is 0.123 e. The molecule has 1 aromatic carbocycles. The normalized spacial score (nSPS) is 14.9. The van der Waals surface area contributed by atoms with Crippen molar-refractivity contribution in [3.8, 4) is 0 Å². The molecule has 0 aliphatic heterocycles. The second kappa shape index (κ2) is 6.12. The Labute approximate surface area is 103 Å². The molecular weight excluding hydrogens is 217 g/mol. The number of hydrogen-bond acceptors (Lipinski definition) is 2. The van der Waals surface area contributed by atoms with E-state index in [1.807, 2.05) is 7.05 Å². The van der Waals surface area contributed by atoms with Gasteiger partial charge in [0.1, 0.15) is 5.82 Å². The van der Waals surface area contributed by atoms with Gasteiger partial charge in [0.25, 0.3) is 0 Å². The Hall–Kier alpha value is -0.930. The SMILES string of the molecule is CCC(C)(CO)CN(C)Cc1ccc(F)cc1. The second-order valence-electron chi connectivity index (χ2n) is 5.12. The minimum atomic E-state index is -0.204. The van der Waals surface area contributed by atoms with Crippen molar-refractivity contribution >= 4 is 0 Å². The van der Waals surface area contributed by atoms with Crippen molar-refractivity contribution in [2.75, 3.05) is 20.2 Å². The Morgan fingerprint density at radius 2 is 1.88 bits per heavy atom. The molecule has 0 spiro atoms. The van der Waals surface area contributed by atoms with E-state index in [-0.39, 0.29) is 17.8 Å². The van der Waals surface area contributed by atoms with Gasteiger partial charge in [-0.3, -0.25) is 0 Å². The fraction of sp³-hybridized carbons (Fsp3) is 0.571. The summed E-state index contributed by atoms with van der Waals surface area (Å²) in [5.74, 6) is -0.204. The van der Waals surface area contributed by atoms with Gasteiger partial charge in [0.05, 0.1) is 0 Å². The third-order valence-electron chi connectivity index (χ3n) is 3.25. The molecule has 2 nitrogen and oxygen atoms in total. The first-order valence-corrected chi connectivity index (χ1v) is 6.03. The monoisotopic (exact) mass is 239 g/mol. The summed E-state index contributed by atoms with van der Waals surface area (Å²) in [7, 11) is 2.02. The first-order chi connectivity index (χ1) is 7.99. The molecule has 0 saturated carbocycles. The van der Waals surface area contributed by atoms with Crippen LogP contribution in [0.5, 0.6) is 0 Å². The van der Waals surface area contributed by atoms with E-state index in [1.54, 1.807) is 12.1 Å². The summed E-state index contributed by atoms with van der Waals surface area (Å²) < 4.78 is 12.8. The van der Waals surface area contributed by atoms with Crippen LogP contribution in [-0.4, -0.2) is 30.2 Å². The number of rotatable bonds is 6. The van der Waals surface area contributed by atoms with Crippen molar-refractivity contribution in [3.63, 3.8) is 0 Å². The third kappa shape index (κ3) is 4.44. The standard InChI is InChI=1S/C14H22FNO/c1-4-14(2,11-17)10-16(3)9-12-5-7-13(15)8-6-12/h5-8,17H,4,9-11H2,1-3H3. The predicted molar refractivity (Wildman–Crippen MR) is 68.2 cm³/mol. The first-order valence-electron chi connectivity index (χ1n) is 6.03. The maximum absolute atomic E-state index is 12.8. The molecular formula is C14H22FNO. The summed E-state index contributed by atoms with van der Waals surface area (Å²) in [5, 5.41) is 9.36. The van der Waals surface area contributed by atoms with E-state index in [2.05, 4.69) is 18.7 Å². The molecule has 0 fully saturated rings. The lowest BCUT2D eigenvalue weighted by Gasteiger charge is -2.31. The summed E-state index contributed by atoms with van der Waals surface area (Å²) in [6.45, 7) is 5.96. The molecule has 0 heterocycles. The Morgan fingerprint density at radius 1 is 1.29 bits per heavy atom. The minimum absolute atomic E-state index is 0.0607. The van der Waals surface area contributed by atoms with Crippen molar-refractivity contribution in [1.82, 2.24) is 4.90 Å². The molecule has 1 N–H and O–H groups in total. The second-order valence-corrected chi connectivity index (χ2v) is 5.12. The van der Waals surface area contributed by atoms with E-state index in [1.165, 1.54) is 12.1 Å². The van der Waals surface area contributed by atoms with E-state index in [4.69, 9.17) is 0 Å². The molecule has 0 saturated heterocycles. The molecule has 1 unspecified atom stereocenters. The summed E-state index contributed by atoms with van der Waals surface area (Å²) in [5.41, 5.74) is 1.03. The molecule has 3 heteroatoms. The van der Waals surface area contributed by atoms with Gasteiger partial charge in [0.2, 0.25) is 0 Å². The molecule has 0 bridgehead atoms. The highest BCUT2D eigenvalue weighted by Gasteiger charge is 2.22. The zero-order chi connectivity index (χ0) is 12.9. The van der Waals surface area contributed by atoms with Gasteiger partial charge >= 0.3 is 0 Å². The van der Waals surface area contributed by atoms with Crippen LogP contribution in [0.2, 0.25) is 0 Å². The Morgan fingerprint density at radius 3 is 2.35 bits per heavy atom. The van der Waals surface area contributed by atoms with Gasteiger partial charge in [-0.2, -0.15) is 0 Å². The van der Waals surface area contributed by atoms with Crippen LogP contribution in [0.25, 0.3) is 0 Å². The topological polar surface area (TPSA) is 23.5 Å². The molecule has 1 aromatic rings. The lowest BCUT2D eigenvalue weighted by Crippen LogP contribution is -2.35. The molecule has 0 radical (unpaired) electrons. The Kier molecular flexibility index (Phi) is 5.09. The van der Waals surface area contributed by atoms with Crippen LogP contribution >= 0.6 is 0 Å². The zero-order valence-electron chi connectivity index (χ0n) is 10.9. The molecule has 0 aromatic heterocycles. The number of hydrogen-bond donors (Lipinski definition) is 1. The average Bonchev–Trinajstić information content (AvgIpc) is 2.32. The van der Waals surface area contributed by atoms with Crippen molar-refractivity contribution in [1.29, 1.82) is 0 Å². The number of halogens is 1. The van der Waals surface area contributed by atoms with Crippen LogP contribution in [0.3, 0.4) is 0 Å². The lowest BCUT2D eigenvalue weighted by molar-refractivity contribution is 0.0930. The van der Waals surface area contributed by atoms with E-state index < -0.39 is 0 Å². The van der Waals surface area contributed by atoms with Gasteiger partial charge in [-0.25, -0.2) is 4.39 Å². The Bertz CT molecular complexity index is 333. The van der Waals surface area contributed by atoms with E-state index in [0.29, 0.717) is 0 Å². The van der Waals surface area contributed by atoms with Gasteiger partial charge in [-0.15, -0.1) is 0 Å². The fourth-order valence-corrected chi connectivity index (χ4v) is 1.88. The van der Waals surface area contributed by atoms with Crippen molar-refractivity contribution in [3.05, 3.63) is 35.6 Å². The van der Waals surface area contributed by atoms with Crippen LogP contribution in [0.4, 0.5) is 4.39 Å². The van der Waals surface area contributed by atoms with Crippen LogP contribution in [0.15, 0.2) is 24.3 Å². The highest BCUT2D eigenvalue weighted by atomic mass is 19.1. The zero-order valence-corrected chi connectivity index (χ0v) is 10.9. The molecule has 1 rings (SSSR count). The fourth-order valence-electron chi connectivity index (χ4n) is 1.88. The van der Waals surface area contributed by atoms with Crippen LogP contribution < -0.4 is 0 Å². The predicted octanol–water partition coefficient (Wildman–Crippen LogP) is 2.67. The van der Waals surface area contributed by atoms with Crippen LogP contribution in [0.1, 0.15) is 25.8 Å². The largest absolute Gasteiger partial charge is 0.396 e. The van der Waals surface area contributed by atoms with Crippen LogP contribution in [-0.2, 0) is 6.54 Å². The van der Waals surface area contributed by atoms with E-state index in [9.17, 15) is 9.50 Å². The number of aliphatic hydroxyl groups excluding tert-OH is 1. The molecule has 96 valence electrons. The molecule has 0 aliphatic rings. The lowest BCUT2D eigenvalue weighted by atomic mass is 9.88. The number of nitrogens with zero attached hydrogens (tertiary/aromatic N) is 1. The highest BCUT2D eigenvalue weighted by molar-refractivity contribution is 5.15. The van der Waals surface area contributed by atoms with Gasteiger partial charge < -0.3 is 10.0 Å². The number of benzene rings is 1. The van der Waals surface area contributed by atoms with Gasteiger partial charge in [0.15, 0.2) is 0 Å². The van der Waals surface area contributed by atoms with Gasteiger partial charge in [-0.05, 0) is 31.2 Å². The summed E-state index contributed by atoms with van der Waals surface area (Å²) in [4.78, 5) is 2.16. The van der Waals surface area contributed by atoms with Gasteiger partial charge in [0, 0.05) is 25.1 Å². The van der Waals surface area contributed by atoms with E-state index >= 15 is 0 Å². The molecule has 17 heavy (non-hydrogen) atoms. The van der Waals surface area contributed by atoms with Crippen LogP contribution in [0, 0.1) is 11.2 Å². The Balaban J connectivity index is 2.54. The van der Waals surface area contributed by atoms with Crippen molar-refractivity contribution in [2.24, 2.45) is 5.41 Å². The maximum atomic E-state index is 12.8. The highest BCUT2D eigenvalue weighted by Crippen LogP contribution is 2.21. The summed E-state index contributed by atoms with van der Waals surface area (Å²) >= 11 is 0. The summed E-state index contributed by atoms with van der Waals surface area (Å²) in [6.07, 6.45) is 0.942. The maximum Gasteiger partial charge on any atom is 0.123 e.